The lowest BCUT2D eigenvalue weighted by Crippen LogP contribution is -2.47. The SMILES string of the molecule is Cc1nc(N2CCCCC2)ncc1-c1cc(=O)[nH]c(N2CCN(c3ccccc3)CC2)n1. The van der Waals surface area contributed by atoms with Crippen molar-refractivity contribution in [1.29, 1.82) is 0 Å². The van der Waals surface area contributed by atoms with E-state index in [0.717, 1.165) is 56.5 Å². The van der Waals surface area contributed by atoms with Crippen LogP contribution in [0.15, 0.2) is 47.4 Å². The average molecular weight is 432 g/mol. The normalized spacial score (nSPS) is 17.0. The van der Waals surface area contributed by atoms with Crippen LogP contribution in [0.3, 0.4) is 0 Å². The van der Waals surface area contributed by atoms with Crippen molar-refractivity contribution in [2.75, 3.05) is 54.0 Å². The lowest BCUT2D eigenvalue weighted by Gasteiger charge is -2.36. The fourth-order valence-electron chi connectivity index (χ4n) is 4.50. The first-order chi connectivity index (χ1) is 15.7. The van der Waals surface area contributed by atoms with Crippen molar-refractivity contribution in [2.24, 2.45) is 0 Å². The molecular formula is C24H29N7O. The van der Waals surface area contributed by atoms with Crippen LogP contribution in [-0.4, -0.2) is 59.2 Å². The lowest BCUT2D eigenvalue weighted by atomic mass is 10.1. The van der Waals surface area contributed by atoms with Crippen molar-refractivity contribution in [3.63, 3.8) is 0 Å². The second-order valence-electron chi connectivity index (χ2n) is 8.48. The Morgan fingerprint density at radius 3 is 2.28 bits per heavy atom. The van der Waals surface area contributed by atoms with Crippen LogP contribution in [-0.2, 0) is 0 Å². The monoisotopic (exact) mass is 431 g/mol. The van der Waals surface area contributed by atoms with Crippen LogP contribution in [0.25, 0.3) is 11.3 Å². The Bertz CT molecular complexity index is 1120. The van der Waals surface area contributed by atoms with Gasteiger partial charge in [0.05, 0.1) is 11.4 Å². The predicted molar refractivity (Wildman–Crippen MR) is 128 cm³/mol. The smallest absolute Gasteiger partial charge is 0.252 e. The molecule has 2 aliphatic heterocycles. The van der Waals surface area contributed by atoms with Gasteiger partial charge in [-0.3, -0.25) is 9.78 Å². The van der Waals surface area contributed by atoms with E-state index in [1.54, 1.807) is 0 Å². The van der Waals surface area contributed by atoms with Gasteiger partial charge in [0.1, 0.15) is 0 Å². The highest BCUT2D eigenvalue weighted by molar-refractivity contribution is 5.63. The molecule has 2 fully saturated rings. The standard InChI is InChI=1S/C24H29N7O/c1-18-20(17-25-23(26-18)30-10-6-3-7-11-30)21-16-22(32)28-24(27-21)31-14-12-29(13-15-31)19-8-4-2-5-9-19/h2,4-5,8-9,16-17H,3,6-7,10-15H2,1H3,(H,27,28,32). The van der Waals surface area contributed by atoms with Crippen molar-refractivity contribution in [3.05, 3.63) is 58.6 Å². The Morgan fingerprint density at radius 2 is 1.56 bits per heavy atom. The summed E-state index contributed by atoms with van der Waals surface area (Å²) in [5.74, 6) is 1.38. The molecule has 2 saturated heterocycles. The van der Waals surface area contributed by atoms with Crippen LogP contribution in [0.4, 0.5) is 17.6 Å². The van der Waals surface area contributed by atoms with Gasteiger partial charge in [0.2, 0.25) is 11.9 Å². The number of benzene rings is 1. The van der Waals surface area contributed by atoms with Crippen molar-refractivity contribution in [3.8, 4) is 11.3 Å². The molecule has 0 unspecified atom stereocenters. The molecule has 0 spiro atoms. The minimum atomic E-state index is -0.157. The quantitative estimate of drug-likeness (QED) is 0.680. The number of hydrogen-bond donors (Lipinski definition) is 1. The molecule has 1 aromatic carbocycles. The van der Waals surface area contributed by atoms with Gasteiger partial charge in [0, 0.05) is 62.8 Å². The van der Waals surface area contributed by atoms with Crippen LogP contribution in [0.2, 0.25) is 0 Å². The molecule has 32 heavy (non-hydrogen) atoms. The number of para-hydroxylation sites is 1. The molecule has 166 valence electrons. The fraction of sp³-hybridized carbons (Fsp3) is 0.417. The summed E-state index contributed by atoms with van der Waals surface area (Å²) in [7, 11) is 0. The van der Waals surface area contributed by atoms with Gasteiger partial charge in [0.15, 0.2) is 0 Å². The number of piperazine rings is 1. The van der Waals surface area contributed by atoms with Gasteiger partial charge in [-0.15, -0.1) is 0 Å². The highest BCUT2D eigenvalue weighted by Crippen LogP contribution is 2.24. The van der Waals surface area contributed by atoms with Gasteiger partial charge in [-0.05, 0) is 38.3 Å². The maximum atomic E-state index is 12.5. The van der Waals surface area contributed by atoms with Crippen LogP contribution >= 0.6 is 0 Å². The molecule has 8 heteroatoms. The number of hydrogen-bond acceptors (Lipinski definition) is 7. The van der Waals surface area contributed by atoms with E-state index in [2.05, 4.69) is 48.9 Å². The van der Waals surface area contributed by atoms with Crippen LogP contribution in [0, 0.1) is 6.92 Å². The zero-order chi connectivity index (χ0) is 21.9. The highest BCUT2D eigenvalue weighted by Gasteiger charge is 2.21. The van der Waals surface area contributed by atoms with Crippen molar-refractivity contribution in [2.45, 2.75) is 26.2 Å². The van der Waals surface area contributed by atoms with E-state index in [1.165, 1.54) is 31.0 Å². The minimum absolute atomic E-state index is 0.157. The van der Waals surface area contributed by atoms with Crippen LogP contribution in [0.1, 0.15) is 25.0 Å². The highest BCUT2D eigenvalue weighted by atomic mass is 16.1. The number of aryl methyl sites for hydroxylation is 1. The molecule has 0 saturated carbocycles. The van der Waals surface area contributed by atoms with Gasteiger partial charge >= 0.3 is 0 Å². The van der Waals surface area contributed by atoms with Crippen LogP contribution in [0.5, 0.6) is 0 Å². The summed E-state index contributed by atoms with van der Waals surface area (Å²) >= 11 is 0. The molecule has 0 bridgehead atoms. The molecule has 1 N–H and O–H groups in total. The second-order valence-corrected chi connectivity index (χ2v) is 8.48. The summed E-state index contributed by atoms with van der Waals surface area (Å²) in [6.07, 6.45) is 5.44. The Morgan fingerprint density at radius 1 is 0.844 bits per heavy atom. The summed E-state index contributed by atoms with van der Waals surface area (Å²) in [4.78, 5) is 36.2. The van der Waals surface area contributed by atoms with Crippen molar-refractivity contribution >= 4 is 17.6 Å². The number of nitrogens with zero attached hydrogens (tertiary/aromatic N) is 6. The van der Waals surface area contributed by atoms with Gasteiger partial charge in [-0.25, -0.2) is 15.0 Å². The molecule has 8 nitrogen and oxygen atoms in total. The number of piperidine rings is 1. The van der Waals surface area contributed by atoms with E-state index < -0.39 is 0 Å². The summed E-state index contributed by atoms with van der Waals surface area (Å²) < 4.78 is 0. The Balaban J connectivity index is 1.35. The Kier molecular flexibility index (Phi) is 5.75. The van der Waals surface area contributed by atoms with E-state index in [0.29, 0.717) is 11.6 Å². The van der Waals surface area contributed by atoms with Gasteiger partial charge in [-0.2, -0.15) is 0 Å². The largest absolute Gasteiger partial charge is 0.368 e. The van der Waals surface area contributed by atoms with E-state index in [1.807, 2.05) is 19.2 Å². The summed E-state index contributed by atoms with van der Waals surface area (Å²) in [5.41, 5.74) is 3.34. The number of aromatic amines is 1. The zero-order valence-corrected chi connectivity index (χ0v) is 18.5. The first kappa shape index (κ1) is 20.5. The number of aromatic nitrogens is 4. The van der Waals surface area contributed by atoms with Gasteiger partial charge < -0.3 is 14.7 Å². The van der Waals surface area contributed by atoms with E-state index in [9.17, 15) is 4.79 Å². The third-order valence-electron chi connectivity index (χ3n) is 6.31. The molecule has 2 aliphatic rings. The molecule has 0 atom stereocenters. The molecule has 4 heterocycles. The first-order valence-corrected chi connectivity index (χ1v) is 11.4. The average Bonchev–Trinajstić information content (AvgIpc) is 2.85. The minimum Gasteiger partial charge on any atom is -0.368 e. The molecule has 0 radical (unpaired) electrons. The Hall–Kier alpha value is -3.42. The predicted octanol–water partition coefficient (Wildman–Crippen LogP) is 2.85. The van der Waals surface area contributed by atoms with Crippen molar-refractivity contribution < 1.29 is 0 Å². The van der Waals surface area contributed by atoms with E-state index in [-0.39, 0.29) is 5.56 Å². The Labute approximate surface area is 188 Å². The molecule has 3 aromatic rings. The van der Waals surface area contributed by atoms with Crippen LogP contribution < -0.4 is 20.3 Å². The molecular weight excluding hydrogens is 402 g/mol. The van der Waals surface area contributed by atoms with Gasteiger partial charge in [0.25, 0.3) is 5.56 Å². The number of anilines is 3. The zero-order valence-electron chi connectivity index (χ0n) is 18.5. The summed E-state index contributed by atoms with van der Waals surface area (Å²) in [6, 6.07) is 12.0. The van der Waals surface area contributed by atoms with E-state index in [4.69, 9.17) is 9.97 Å². The number of nitrogens with one attached hydrogen (secondary N) is 1. The topological polar surface area (TPSA) is 81.2 Å². The second kappa shape index (κ2) is 8.98. The lowest BCUT2D eigenvalue weighted by molar-refractivity contribution is 0.568. The van der Waals surface area contributed by atoms with E-state index >= 15 is 0 Å². The third kappa shape index (κ3) is 4.30. The maximum absolute atomic E-state index is 12.5. The number of rotatable bonds is 4. The molecule has 5 rings (SSSR count). The summed E-state index contributed by atoms with van der Waals surface area (Å²) in [5, 5.41) is 0. The van der Waals surface area contributed by atoms with Gasteiger partial charge in [-0.1, -0.05) is 18.2 Å². The molecule has 0 aliphatic carbocycles. The van der Waals surface area contributed by atoms with Crippen molar-refractivity contribution in [1.82, 2.24) is 19.9 Å². The molecule has 2 aromatic heterocycles. The number of H-pyrrole nitrogens is 1. The third-order valence-corrected chi connectivity index (χ3v) is 6.31. The fourth-order valence-corrected chi connectivity index (χ4v) is 4.50. The molecule has 0 amide bonds. The first-order valence-electron chi connectivity index (χ1n) is 11.4. The maximum Gasteiger partial charge on any atom is 0.252 e. The summed E-state index contributed by atoms with van der Waals surface area (Å²) in [6.45, 7) is 7.32.